The molecule has 0 aromatic carbocycles. The fourth-order valence-corrected chi connectivity index (χ4v) is 2.25. The summed E-state index contributed by atoms with van der Waals surface area (Å²) in [7, 11) is 0. The van der Waals surface area contributed by atoms with E-state index in [1.54, 1.807) is 6.92 Å². The number of imidazole rings is 1. The van der Waals surface area contributed by atoms with Crippen LogP contribution in [0.5, 0.6) is 0 Å². The average molecular weight is 267 g/mol. The maximum Gasteiger partial charge on any atom is 0.203 e. The standard InChI is InChI=1S/C10H13N5O4/c1-10(7(18)6(17)5(3-16)19-10)9-12-4-2-11-15-14-8(4)13-9/h2,5-7,16-18H,3H2,1H3,(H,11,12,13,14)/t5-,6-,7-,10?/m1/s1. The summed E-state index contributed by atoms with van der Waals surface area (Å²) in [6.45, 7) is 1.19. The molecule has 0 saturated carbocycles. The van der Waals surface area contributed by atoms with Crippen molar-refractivity contribution in [3.63, 3.8) is 0 Å². The molecule has 0 bridgehead atoms. The molecule has 1 aliphatic heterocycles. The number of nitrogens with one attached hydrogen (secondary N) is 1. The van der Waals surface area contributed by atoms with Crippen molar-refractivity contribution >= 4 is 11.2 Å². The second kappa shape index (κ2) is 4.17. The van der Waals surface area contributed by atoms with Gasteiger partial charge in [-0.15, -0.1) is 10.2 Å². The van der Waals surface area contributed by atoms with E-state index in [0.29, 0.717) is 17.0 Å². The fraction of sp³-hybridized carbons (Fsp3) is 0.600. The van der Waals surface area contributed by atoms with E-state index in [-0.39, 0.29) is 0 Å². The van der Waals surface area contributed by atoms with Gasteiger partial charge in [0.2, 0.25) is 5.65 Å². The van der Waals surface area contributed by atoms with Crippen molar-refractivity contribution in [1.82, 2.24) is 25.4 Å². The topological polar surface area (TPSA) is 137 Å². The van der Waals surface area contributed by atoms with E-state index in [1.807, 2.05) is 0 Å². The van der Waals surface area contributed by atoms with Crippen LogP contribution in [0.2, 0.25) is 0 Å². The summed E-state index contributed by atoms with van der Waals surface area (Å²) in [6.07, 6.45) is -1.82. The Labute approximate surface area is 107 Å². The maximum absolute atomic E-state index is 10.1. The Hall–Kier alpha value is -1.68. The Morgan fingerprint density at radius 3 is 2.89 bits per heavy atom. The van der Waals surface area contributed by atoms with Crippen LogP contribution < -0.4 is 0 Å². The summed E-state index contributed by atoms with van der Waals surface area (Å²) in [5.74, 6) is 0.298. The van der Waals surface area contributed by atoms with E-state index in [4.69, 9.17) is 9.84 Å². The summed E-state index contributed by atoms with van der Waals surface area (Å²) in [4.78, 5) is 7.09. The van der Waals surface area contributed by atoms with Gasteiger partial charge in [-0.05, 0) is 12.1 Å². The van der Waals surface area contributed by atoms with Crippen LogP contribution in [0.1, 0.15) is 12.7 Å². The number of hydrogen-bond acceptors (Lipinski definition) is 8. The minimum Gasteiger partial charge on any atom is -0.394 e. The van der Waals surface area contributed by atoms with Crippen molar-refractivity contribution in [3.8, 4) is 0 Å². The van der Waals surface area contributed by atoms with Crippen molar-refractivity contribution in [3.05, 3.63) is 12.0 Å². The van der Waals surface area contributed by atoms with Gasteiger partial charge in [0.05, 0.1) is 12.8 Å². The molecule has 0 radical (unpaired) electrons. The molecule has 1 unspecified atom stereocenters. The van der Waals surface area contributed by atoms with Crippen LogP contribution in [0.25, 0.3) is 11.2 Å². The monoisotopic (exact) mass is 267 g/mol. The van der Waals surface area contributed by atoms with E-state index in [0.717, 1.165) is 0 Å². The quantitative estimate of drug-likeness (QED) is 0.494. The molecule has 2 aromatic heterocycles. The Morgan fingerprint density at radius 2 is 2.26 bits per heavy atom. The smallest absolute Gasteiger partial charge is 0.203 e. The first-order chi connectivity index (χ1) is 9.06. The normalized spacial score (nSPS) is 35.1. The number of ether oxygens (including phenoxy) is 1. The third kappa shape index (κ3) is 1.70. The molecule has 0 aliphatic carbocycles. The van der Waals surface area contributed by atoms with Gasteiger partial charge in [0.1, 0.15) is 29.7 Å². The van der Waals surface area contributed by atoms with Gasteiger partial charge in [-0.3, -0.25) is 0 Å². The predicted molar refractivity (Wildman–Crippen MR) is 60.8 cm³/mol. The second-order valence-corrected chi connectivity index (χ2v) is 4.64. The van der Waals surface area contributed by atoms with Crippen LogP contribution in [-0.2, 0) is 10.3 Å². The lowest BCUT2D eigenvalue weighted by molar-refractivity contribution is -0.0903. The van der Waals surface area contributed by atoms with E-state index >= 15 is 0 Å². The molecule has 1 aliphatic rings. The predicted octanol–water partition coefficient (Wildman–Crippen LogP) is -1.92. The first-order valence-electron chi connectivity index (χ1n) is 5.75. The van der Waals surface area contributed by atoms with Crippen LogP contribution in [0.4, 0.5) is 0 Å². The molecular weight excluding hydrogens is 254 g/mol. The van der Waals surface area contributed by atoms with Crippen molar-refractivity contribution in [2.45, 2.75) is 30.8 Å². The maximum atomic E-state index is 10.1. The van der Waals surface area contributed by atoms with E-state index in [9.17, 15) is 10.2 Å². The third-order valence-electron chi connectivity index (χ3n) is 3.40. The third-order valence-corrected chi connectivity index (χ3v) is 3.40. The number of nitrogens with zero attached hydrogens (tertiary/aromatic N) is 4. The van der Waals surface area contributed by atoms with Gasteiger partial charge in [0.15, 0.2) is 5.60 Å². The van der Waals surface area contributed by atoms with Gasteiger partial charge in [0, 0.05) is 0 Å². The highest BCUT2D eigenvalue weighted by Gasteiger charge is 2.53. The number of H-pyrrole nitrogens is 1. The Balaban J connectivity index is 2.04. The Morgan fingerprint density at radius 1 is 1.47 bits per heavy atom. The lowest BCUT2D eigenvalue weighted by Crippen LogP contribution is -2.39. The van der Waals surface area contributed by atoms with Gasteiger partial charge in [0.25, 0.3) is 0 Å². The highest BCUT2D eigenvalue weighted by molar-refractivity contribution is 5.68. The number of aliphatic hydroxyl groups excluding tert-OH is 3. The molecule has 0 spiro atoms. The average Bonchev–Trinajstić information content (AvgIpc) is 2.95. The van der Waals surface area contributed by atoms with Crippen molar-refractivity contribution in [2.24, 2.45) is 0 Å². The van der Waals surface area contributed by atoms with Crippen LogP contribution >= 0.6 is 0 Å². The van der Waals surface area contributed by atoms with Crippen LogP contribution in [0.15, 0.2) is 6.20 Å². The van der Waals surface area contributed by atoms with Gasteiger partial charge < -0.3 is 25.0 Å². The molecule has 4 atom stereocenters. The van der Waals surface area contributed by atoms with E-state index in [1.165, 1.54) is 6.20 Å². The zero-order chi connectivity index (χ0) is 13.6. The molecule has 1 fully saturated rings. The molecule has 19 heavy (non-hydrogen) atoms. The van der Waals surface area contributed by atoms with Crippen molar-refractivity contribution in [1.29, 1.82) is 0 Å². The largest absolute Gasteiger partial charge is 0.394 e. The summed E-state index contributed by atoms with van der Waals surface area (Å²) in [6, 6.07) is 0. The Kier molecular flexibility index (Phi) is 2.71. The van der Waals surface area contributed by atoms with Crippen LogP contribution in [0, 0.1) is 0 Å². The first kappa shape index (κ1) is 12.4. The highest BCUT2D eigenvalue weighted by Crippen LogP contribution is 2.38. The zero-order valence-electron chi connectivity index (χ0n) is 10.1. The van der Waals surface area contributed by atoms with Gasteiger partial charge in [-0.1, -0.05) is 0 Å². The molecule has 4 N–H and O–H groups in total. The number of fused-ring (bicyclic) bond motifs is 1. The number of aliphatic hydroxyl groups is 3. The molecule has 1 saturated heterocycles. The van der Waals surface area contributed by atoms with Crippen LogP contribution in [0.3, 0.4) is 0 Å². The molecule has 9 nitrogen and oxygen atoms in total. The van der Waals surface area contributed by atoms with Gasteiger partial charge >= 0.3 is 0 Å². The second-order valence-electron chi connectivity index (χ2n) is 4.64. The highest BCUT2D eigenvalue weighted by atomic mass is 16.6. The summed E-state index contributed by atoms with van der Waals surface area (Å²) < 4.78 is 5.53. The van der Waals surface area contributed by atoms with E-state index < -0.39 is 30.5 Å². The van der Waals surface area contributed by atoms with Crippen molar-refractivity contribution in [2.75, 3.05) is 6.61 Å². The summed E-state index contributed by atoms with van der Waals surface area (Å²) >= 11 is 0. The Bertz CT molecular complexity index is 571. The lowest BCUT2D eigenvalue weighted by Gasteiger charge is -2.25. The number of hydrogen-bond donors (Lipinski definition) is 4. The molecular formula is C10H13N5O4. The van der Waals surface area contributed by atoms with Gasteiger partial charge in [-0.2, -0.15) is 0 Å². The number of rotatable bonds is 2. The molecule has 102 valence electrons. The summed E-state index contributed by atoms with van der Waals surface area (Å²) in [5, 5.41) is 39.8. The molecule has 9 heteroatoms. The summed E-state index contributed by atoms with van der Waals surface area (Å²) in [5.41, 5.74) is -0.374. The number of aromatic nitrogens is 5. The van der Waals surface area contributed by atoms with Crippen molar-refractivity contribution < 1.29 is 20.1 Å². The first-order valence-corrected chi connectivity index (χ1v) is 5.75. The molecule has 3 rings (SSSR count). The lowest BCUT2D eigenvalue weighted by atomic mass is 9.96. The minimum absolute atomic E-state index is 0.298. The number of aromatic amines is 1. The zero-order valence-corrected chi connectivity index (χ0v) is 10.1. The molecule has 2 aromatic rings. The fourth-order valence-electron chi connectivity index (χ4n) is 2.25. The molecule has 0 amide bonds. The SMILES string of the molecule is CC1(c2nc3nnncc3[nH]2)O[C@H](CO)[C@@H](O)[C@H]1O. The molecule has 3 heterocycles. The van der Waals surface area contributed by atoms with Gasteiger partial charge in [-0.25, -0.2) is 4.98 Å². The van der Waals surface area contributed by atoms with E-state index in [2.05, 4.69) is 25.4 Å². The van der Waals surface area contributed by atoms with Crippen LogP contribution in [-0.4, -0.2) is 65.6 Å². The minimum atomic E-state index is -1.26.